The SMILES string of the molecule is CCNC1CC(Oc2c(C)cc(C)cc2C)C1OC. The van der Waals surface area contributed by atoms with Crippen molar-refractivity contribution >= 4 is 0 Å². The van der Waals surface area contributed by atoms with E-state index in [1.165, 1.54) is 16.7 Å². The van der Waals surface area contributed by atoms with Crippen LogP contribution in [0.5, 0.6) is 5.75 Å². The second-order valence-electron chi connectivity index (χ2n) is 5.48. The Morgan fingerprint density at radius 1 is 1.21 bits per heavy atom. The second kappa shape index (κ2) is 5.93. The van der Waals surface area contributed by atoms with Gasteiger partial charge in [0.05, 0.1) is 0 Å². The number of hydrogen-bond acceptors (Lipinski definition) is 3. The molecule has 1 aliphatic carbocycles. The predicted molar refractivity (Wildman–Crippen MR) is 77.9 cm³/mol. The highest BCUT2D eigenvalue weighted by Gasteiger charge is 2.43. The Morgan fingerprint density at radius 3 is 2.37 bits per heavy atom. The summed E-state index contributed by atoms with van der Waals surface area (Å²) in [6.07, 6.45) is 1.33. The van der Waals surface area contributed by atoms with Gasteiger partial charge in [-0.3, -0.25) is 0 Å². The van der Waals surface area contributed by atoms with Crippen LogP contribution in [0.1, 0.15) is 30.0 Å². The number of hydrogen-bond donors (Lipinski definition) is 1. The molecule has 106 valence electrons. The van der Waals surface area contributed by atoms with Crippen molar-refractivity contribution in [2.24, 2.45) is 0 Å². The molecule has 0 heterocycles. The van der Waals surface area contributed by atoms with E-state index < -0.39 is 0 Å². The van der Waals surface area contributed by atoms with Crippen molar-refractivity contribution in [3.63, 3.8) is 0 Å². The van der Waals surface area contributed by atoms with E-state index in [-0.39, 0.29) is 12.2 Å². The monoisotopic (exact) mass is 263 g/mol. The van der Waals surface area contributed by atoms with Crippen LogP contribution in [0.2, 0.25) is 0 Å². The van der Waals surface area contributed by atoms with Crippen LogP contribution in [0.25, 0.3) is 0 Å². The van der Waals surface area contributed by atoms with Crippen molar-refractivity contribution in [3.05, 3.63) is 28.8 Å². The summed E-state index contributed by atoms with van der Waals surface area (Å²) in [5.74, 6) is 1.02. The molecule has 1 saturated carbocycles. The molecule has 3 unspecified atom stereocenters. The van der Waals surface area contributed by atoms with Crippen molar-refractivity contribution < 1.29 is 9.47 Å². The van der Waals surface area contributed by atoms with Crippen molar-refractivity contribution in [1.29, 1.82) is 0 Å². The van der Waals surface area contributed by atoms with Gasteiger partial charge in [-0.1, -0.05) is 24.6 Å². The quantitative estimate of drug-likeness (QED) is 0.886. The summed E-state index contributed by atoms with van der Waals surface area (Å²) in [6, 6.07) is 4.76. The number of rotatable bonds is 5. The fourth-order valence-corrected chi connectivity index (χ4v) is 2.98. The molecule has 0 aromatic heterocycles. The molecule has 0 spiro atoms. The van der Waals surface area contributed by atoms with Gasteiger partial charge in [0.25, 0.3) is 0 Å². The van der Waals surface area contributed by atoms with Crippen molar-refractivity contribution in [1.82, 2.24) is 5.32 Å². The maximum Gasteiger partial charge on any atom is 0.128 e. The Morgan fingerprint density at radius 2 is 1.84 bits per heavy atom. The van der Waals surface area contributed by atoms with Crippen molar-refractivity contribution in [2.45, 2.75) is 52.4 Å². The lowest BCUT2D eigenvalue weighted by molar-refractivity contribution is -0.0888. The third-order valence-corrected chi connectivity index (χ3v) is 3.86. The molecule has 19 heavy (non-hydrogen) atoms. The molecule has 0 radical (unpaired) electrons. The average Bonchev–Trinajstić information content (AvgIpc) is 2.31. The first kappa shape index (κ1) is 14.4. The molecule has 3 heteroatoms. The van der Waals surface area contributed by atoms with Gasteiger partial charge in [-0.25, -0.2) is 0 Å². The van der Waals surface area contributed by atoms with Crippen LogP contribution in [0, 0.1) is 20.8 Å². The lowest BCUT2D eigenvalue weighted by Crippen LogP contribution is -2.61. The molecule has 3 nitrogen and oxygen atoms in total. The molecule has 0 bridgehead atoms. The molecule has 2 rings (SSSR count). The number of benzene rings is 1. The van der Waals surface area contributed by atoms with Crippen LogP contribution in [0.15, 0.2) is 12.1 Å². The Hall–Kier alpha value is -1.06. The van der Waals surface area contributed by atoms with E-state index >= 15 is 0 Å². The van der Waals surface area contributed by atoms with Gasteiger partial charge in [-0.05, 0) is 38.4 Å². The topological polar surface area (TPSA) is 30.5 Å². The van der Waals surface area contributed by atoms with Crippen molar-refractivity contribution in [2.75, 3.05) is 13.7 Å². The van der Waals surface area contributed by atoms with Crippen LogP contribution < -0.4 is 10.1 Å². The van der Waals surface area contributed by atoms with Gasteiger partial charge >= 0.3 is 0 Å². The van der Waals surface area contributed by atoms with Gasteiger partial charge in [-0.2, -0.15) is 0 Å². The summed E-state index contributed by atoms with van der Waals surface area (Å²) < 4.78 is 11.7. The molecule has 0 aliphatic heterocycles. The van der Waals surface area contributed by atoms with Gasteiger partial charge in [0, 0.05) is 19.6 Å². The fourth-order valence-electron chi connectivity index (χ4n) is 2.98. The van der Waals surface area contributed by atoms with E-state index in [0.29, 0.717) is 6.04 Å². The summed E-state index contributed by atoms with van der Waals surface area (Å²) in [7, 11) is 1.76. The summed E-state index contributed by atoms with van der Waals surface area (Å²) in [4.78, 5) is 0. The summed E-state index contributed by atoms with van der Waals surface area (Å²) >= 11 is 0. The highest BCUT2D eigenvalue weighted by atomic mass is 16.5. The third-order valence-electron chi connectivity index (χ3n) is 3.86. The largest absolute Gasteiger partial charge is 0.487 e. The molecular formula is C16H25NO2. The minimum Gasteiger partial charge on any atom is -0.487 e. The normalized spacial score (nSPS) is 26.1. The van der Waals surface area contributed by atoms with E-state index in [4.69, 9.17) is 9.47 Å². The van der Waals surface area contributed by atoms with Crippen LogP contribution in [0.4, 0.5) is 0 Å². The van der Waals surface area contributed by atoms with Crippen LogP contribution in [-0.2, 0) is 4.74 Å². The van der Waals surface area contributed by atoms with Crippen molar-refractivity contribution in [3.8, 4) is 5.75 Å². The van der Waals surface area contributed by atoms with E-state index in [1.807, 2.05) is 0 Å². The first-order valence-electron chi connectivity index (χ1n) is 7.07. The Kier molecular flexibility index (Phi) is 4.48. The molecule has 0 saturated heterocycles. The Bertz CT molecular complexity index is 421. The lowest BCUT2D eigenvalue weighted by Gasteiger charge is -2.43. The molecular weight excluding hydrogens is 238 g/mol. The van der Waals surface area contributed by atoms with E-state index in [2.05, 4.69) is 45.1 Å². The maximum absolute atomic E-state index is 6.18. The molecule has 1 N–H and O–H groups in total. The summed E-state index contributed by atoms with van der Waals surface area (Å²) in [5.41, 5.74) is 3.70. The second-order valence-corrected chi connectivity index (χ2v) is 5.48. The van der Waals surface area contributed by atoms with Gasteiger partial charge in [-0.15, -0.1) is 0 Å². The van der Waals surface area contributed by atoms with Gasteiger partial charge in [0.1, 0.15) is 18.0 Å². The number of methoxy groups -OCH3 is 1. The Labute approximate surface area is 116 Å². The van der Waals surface area contributed by atoms with E-state index in [1.54, 1.807) is 7.11 Å². The third kappa shape index (κ3) is 2.93. The van der Waals surface area contributed by atoms with E-state index in [0.717, 1.165) is 18.7 Å². The van der Waals surface area contributed by atoms with Crippen LogP contribution >= 0.6 is 0 Å². The van der Waals surface area contributed by atoms with Gasteiger partial charge < -0.3 is 14.8 Å². The molecule has 1 aromatic carbocycles. The zero-order valence-electron chi connectivity index (χ0n) is 12.6. The lowest BCUT2D eigenvalue weighted by atomic mass is 9.85. The highest BCUT2D eigenvalue weighted by Crippen LogP contribution is 2.32. The molecule has 1 aromatic rings. The van der Waals surface area contributed by atoms with Gasteiger partial charge in [0.15, 0.2) is 0 Å². The van der Waals surface area contributed by atoms with Gasteiger partial charge in [0.2, 0.25) is 0 Å². The molecule has 3 atom stereocenters. The van der Waals surface area contributed by atoms with E-state index in [9.17, 15) is 0 Å². The van der Waals surface area contributed by atoms with Crippen LogP contribution in [0.3, 0.4) is 0 Å². The summed E-state index contributed by atoms with van der Waals surface area (Å²) in [5, 5.41) is 3.43. The zero-order valence-corrected chi connectivity index (χ0v) is 12.6. The summed E-state index contributed by atoms with van der Waals surface area (Å²) in [6.45, 7) is 9.43. The first-order valence-corrected chi connectivity index (χ1v) is 7.07. The molecule has 0 amide bonds. The Balaban J connectivity index is 2.07. The standard InChI is InChI=1S/C16H25NO2/c1-6-17-13-9-14(16(13)18-5)19-15-11(3)7-10(2)8-12(15)4/h7-8,13-14,16-17H,6,9H2,1-5H3. The predicted octanol–water partition coefficient (Wildman–Crippen LogP) is 2.76. The zero-order chi connectivity index (χ0) is 14.0. The number of nitrogens with one attached hydrogen (secondary N) is 1. The molecule has 1 aliphatic rings. The minimum atomic E-state index is 0.153. The average molecular weight is 263 g/mol. The molecule has 1 fully saturated rings. The minimum absolute atomic E-state index is 0.153. The van der Waals surface area contributed by atoms with Crippen LogP contribution in [-0.4, -0.2) is 31.9 Å². The number of ether oxygens (including phenoxy) is 2. The number of likely N-dealkylation sites (N-methyl/N-ethyl adjacent to an activating group) is 1. The first-order chi connectivity index (χ1) is 9.06. The fraction of sp³-hybridized carbons (Fsp3) is 0.625. The smallest absolute Gasteiger partial charge is 0.128 e. The highest BCUT2D eigenvalue weighted by molar-refractivity contribution is 5.43. The maximum atomic E-state index is 6.18. The number of aryl methyl sites for hydroxylation is 3.